The van der Waals surface area contributed by atoms with Gasteiger partial charge in [-0.25, -0.2) is 0 Å². The summed E-state index contributed by atoms with van der Waals surface area (Å²) in [5.74, 6) is -0.370. The molecule has 0 unspecified atom stereocenters. The van der Waals surface area contributed by atoms with Gasteiger partial charge in [-0.2, -0.15) is 0 Å². The summed E-state index contributed by atoms with van der Waals surface area (Å²) in [6, 6.07) is 3.60. The Morgan fingerprint density at radius 2 is 2.00 bits per heavy atom. The topological polar surface area (TPSA) is 98.2 Å². The molecule has 0 heterocycles. The van der Waals surface area contributed by atoms with Crippen molar-refractivity contribution in [2.75, 3.05) is 22.6 Å². The van der Waals surface area contributed by atoms with Gasteiger partial charge in [0.2, 0.25) is 11.8 Å². The summed E-state index contributed by atoms with van der Waals surface area (Å²) in [6.07, 6.45) is 0. The summed E-state index contributed by atoms with van der Waals surface area (Å²) < 4.78 is 0.842. The fourth-order valence-corrected chi connectivity index (χ4v) is 2.42. The number of hydrogen-bond donors (Lipinski definition) is 3. The van der Waals surface area contributed by atoms with Gasteiger partial charge in [-0.1, -0.05) is 15.9 Å². The number of nitrogen functional groups attached to an aromatic ring is 1. The van der Waals surface area contributed by atoms with Crippen LogP contribution in [0.4, 0.5) is 11.4 Å². The van der Waals surface area contributed by atoms with E-state index in [-0.39, 0.29) is 29.8 Å². The first-order valence-electron chi connectivity index (χ1n) is 5.11. The molecular weight excluding hydrogens is 354 g/mol. The highest BCUT2D eigenvalue weighted by atomic mass is 79.9. The van der Waals surface area contributed by atoms with Crippen LogP contribution in [0.15, 0.2) is 16.6 Å². The van der Waals surface area contributed by atoms with Gasteiger partial charge >= 0.3 is 0 Å². The first-order valence-corrected chi connectivity index (χ1v) is 7.06. The maximum Gasteiger partial charge on any atom is 0.234 e. The molecule has 1 aromatic rings. The molecule has 0 saturated heterocycles. The first kappa shape index (κ1) is 18.1. The third kappa shape index (κ3) is 6.17. The molecule has 0 bridgehead atoms. The molecule has 0 spiro atoms. The second-order valence-corrected chi connectivity index (χ2v) is 5.59. The van der Waals surface area contributed by atoms with Crippen LogP contribution in [0.5, 0.6) is 0 Å². The Labute approximate surface area is 130 Å². The number of rotatable bonds is 5. The third-order valence-corrected chi connectivity index (χ3v) is 3.52. The lowest BCUT2D eigenvalue weighted by molar-refractivity contribution is -0.115. The molecule has 0 atom stereocenters. The predicted octanol–water partition coefficient (Wildman–Crippen LogP) is 1.92. The molecule has 5 nitrogen and oxygen atoms in total. The van der Waals surface area contributed by atoms with Gasteiger partial charge in [0, 0.05) is 4.47 Å². The summed E-state index contributed by atoms with van der Waals surface area (Å²) in [5, 5.41) is 2.70. The zero-order valence-corrected chi connectivity index (χ0v) is 13.5. The summed E-state index contributed by atoms with van der Waals surface area (Å²) in [6.45, 7) is 1.86. The highest BCUT2D eigenvalue weighted by molar-refractivity contribution is 9.10. The van der Waals surface area contributed by atoms with Crippen LogP contribution in [-0.2, 0) is 9.59 Å². The van der Waals surface area contributed by atoms with Crippen LogP contribution >= 0.6 is 40.1 Å². The number of aryl methyl sites for hydroxylation is 1. The SMILES string of the molecule is Cc1cc(Br)cc(NC(=O)CSCC(N)=O)c1N.Cl. The number of nitrogens with one attached hydrogen (secondary N) is 1. The zero-order valence-electron chi connectivity index (χ0n) is 10.2. The fraction of sp³-hybridized carbons (Fsp3) is 0.273. The van der Waals surface area contributed by atoms with Crippen molar-refractivity contribution in [1.29, 1.82) is 0 Å². The Balaban J connectivity index is 0.00000324. The van der Waals surface area contributed by atoms with Crippen LogP contribution in [0.1, 0.15) is 5.56 Å². The Kier molecular flexibility index (Phi) is 7.89. The van der Waals surface area contributed by atoms with Crippen molar-refractivity contribution in [3.63, 3.8) is 0 Å². The monoisotopic (exact) mass is 367 g/mol. The normalized spacial score (nSPS) is 9.58. The quantitative estimate of drug-likeness (QED) is 0.691. The second-order valence-electron chi connectivity index (χ2n) is 3.69. The van der Waals surface area contributed by atoms with Gasteiger partial charge in [0.1, 0.15) is 0 Å². The maximum absolute atomic E-state index is 11.6. The molecule has 106 valence electrons. The number of anilines is 2. The lowest BCUT2D eigenvalue weighted by Gasteiger charge is -2.10. The number of halogens is 2. The number of hydrogen-bond acceptors (Lipinski definition) is 4. The molecule has 8 heteroatoms. The van der Waals surface area contributed by atoms with E-state index in [9.17, 15) is 9.59 Å². The van der Waals surface area contributed by atoms with Crippen LogP contribution in [0.25, 0.3) is 0 Å². The summed E-state index contributed by atoms with van der Waals surface area (Å²) in [4.78, 5) is 22.1. The number of nitrogens with two attached hydrogens (primary N) is 2. The number of benzene rings is 1. The number of carbonyl (C=O) groups excluding carboxylic acids is 2. The summed E-state index contributed by atoms with van der Waals surface area (Å²) in [7, 11) is 0. The minimum absolute atomic E-state index is 0. The van der Waals surface area contributed by atoms with Crippen molar-refractivity contribution in [3.8, 4) is 0 Å². The van der Waals surface area contributed by atoms with Crippen molar-refractivity contribution in [2.24, 2.45) is 5.73 Å². The van der Waals surface area contributed by atoms with Gasteiger partial charge in [0.15, 0.2) is 0 Å². The van der Waals surface area contributed by atoms with Gasteiger partial charge in [0.25, 0.3) is 0 Å². The Hall–Kier alpha value is -0.920. The maximum atomic E-state index is 11.6. The zero-order chi connectivity index (χ0) is 13.7. The van der Waals surface area contributed by atoms with Crippen molar-refractivity contribution in [1.82, 2.24) is 0 Å². The number of thioether (sulfide) groups is 1. The van der Waals surface area contributed by atoms with Crippen LogP contribution in [0, 0.1) is 6.92 Å². The molecule has 0 aliphatic heterocycles. The molecule has 5 N–H and O–H groups in total. The van der Waals surface area contributed by atoms with E-state index < -0.39 is 5.91 Å². The Morgan fingerprint density at radius 1 is 1.37 bits per heavy atom. The first-order chi connectivity index (χ1) is 8.40. The van der Waals surface area contributed by atoms with E-state index in [1.165, 1.54) is 0 Å². The van der Waals surface area contributed by atoms with E-state index in [1.54, 1.807) is 6.07 Å². The lowest BCUT2D eigenvalue weighted by atomic mass is 10.2. The van der Waals surface area contributed by atoms with E-state index in [4.69, 9.17) is 11.5 Å². The third-order valence-electron chi connectivity index (χ3n) is 2.10. The van der Waals surface area contributed by atoms with Gasteiger partial charge in [-0.3, -0.25) is 9.59 Å². The van der Waals surface area contributed by atoms with Gasteiger partial charge in [-0.05, 0) is 24.6 Å². The number of amides is 2. The Morgan fingerprint density at radius 3 is 2.58 bits per heavy atom. The van der Waals surface area contributed by atoms with Gasteiger partial charge in [0.05, 0.1) is 22.9 Å². The molecule has 0 aliphatic rings. The average Bonchev–Trinajstić information content (AvgIpc) is 2.24. The lowest BCUT2D eigenvalue weighted by Crippen LogP contribution is -2.19. The molecule has 1 aromatic carbocycles. The van der Waals surface area contributed by atoms with Crippen LogP contribution in [0.3, 0.4) is 0 Å². The van der Waals surface area contributed by atoms with Crippen molar-refractivity contribution < 1.29 is 9.59 Å². The average molecular weight is 369 g/mol. The van der Waals surface area contributed by atoms with E-state index >= 15 is 0 Å². The van der Waals surface area contributed by atoms with Crippen molar-refractivity contribution in [3.05, 3.63) is 22.2 Å². The van der Waals surface area contributed by atoms with Gasteiger partial charge < -0.3 is 16.8 Å². The van der Waals surface area contributed by atoms with Crippen molar-refractivity contribution in [2.45, 2.75) is 6.92 Å². The second kappa shape index (κ2) is 8.29. The minimum Gasteiger partial charge on any atom is -0.397 e. The highest BCUT2D eigenvalue weighted by Gasteiger charge is 2.08. The fourth-order valence-electron chi connectivity index (χ4n) is 1.29. The van der Waals surface area contributed by atoms with E-state index in [0.717, 1.165) is 21.8 Å². The number of primary amides is 1. The van der Waals surface area contributed by atoms with E-state index in [1.807, 2.05) is 13.0 Å². The Bertz CT molecular complexity index is 485. The summed E-state index contributed by atoms with van der Waals surface area (Å²) >= 11 is 4.50. The van der Waals surface area contributed by atoms with E-state index in [0.29, 0.717) is 11.4 Å². The molecule has 0 aromatic heterocycles. The predicted molar refractivity (Wildman–Crippen MR) is 85.7 cm³/mol. The van der Waals surface area contributed by atoms with Crippen LogP contribution in [-0.4, -0.2) is 23.3 Å². The molecular formula is C11H15BrClN3O2S. The smallest absolute Gasteiger partial charge is 0.234 e. The standard InChI is InChI=1S/C11H14BrN3O2S.ClH/c1-6-2-7(12)3-8(11(6)14)15-10(17)5-18-4-9(13)16;/h2-3H,4-5,14H2,1H3,(H2,13,16)(H,15,17);1H. The molecule has 2 amide bonds. The van der Waals surface area contributed by atoms with Crippen molar-refractivity contribution >= 4 is 63.3 Å². The number of carbonyl (C=O) groups is 2. The van der Waals surface area contributed by atoms with E-state index in [2.05, 4.69) is 21.2 Å². The van der Waals surface area contributed by atoms with Crippen LogP contribution < -0.4 is 16.8 Å². The summed E-state index contributed by atoms with van der Waals surface area (Å²) in [5.41, 5.74) is 12.8. The molecule has 0 saturated carbocycles. The highest BCUT2D eigenvalue weighted by Crippen LogP contribution is 2.27. The molecule has 1 rings (SSSR count). The van der Waals surface area contributed by atoms with Gasteiger partial charge in [-0.15, -0.1) is 24.2 Å². The molecule has 0 aliphatic carbocycles. The molecule has 0 radical (unpaired) electrons. The molecule has 0 fully saturated rings. The minimum atomic E-state index is -0.439. The largest absolute Gasteiger partial charge is 0.397 e. The molecule has 19 heavy (non-hydrogen) atoms. The van der Waals surface area contributed by atoms with Crippen LogP contribution in [0.2, 0.25) is 0 Å².